The highest BCUT2D eigenvalue weighted by Gasteiger charge is 2.17. The molecule has 1 aromatic heterocycles. The Morgan fingerprint density at radius 3 is 2.48 bits per heavy atom. The molecule has 2 heterocycles. The van der Waals surface area contributed by atoms with Crippen molar-refractivity contribution in [2.24, 2.45) is 0 Å². The monoisotopic (exact) mass is 525 g/mol. The zero-order chi connectivity index (χ0) is 22.1. The van der Waals surface area contributed by atoms with Gasteiger partial charge in [-0.25, -0.2) is 4.79 Å². The number of nitrogens with zero attached hydrogens (tertiary/aromatic N) is 3. The zero-order valence-corrected chi connectivity index (χ0v) is 20.6. The standard InChI is InChI=1S/C25H24BrN5O.ClH/c1-30-12-14-31(15-13-30)24-10-11-27-22-9-8-17(16-20(22)24)28-25(32)29-23-7-3-4-18-19(23)5-2-6-21(18)26;/h2-11,16H,12-15H2,1H3,(H2,28,29,32);1H. The molecule has 0 bridgehead atoms. The highest BCUT2D eigenvalue weighted by atomic mass is 79.9. The molecular formula is C25H25BrClN5O. The summed E-state index contributed by atoms with van der Waals surface area (Å²) in [6, 6.07) is 19.5. The Morgan fingerprint density at radius 2 is 1.67 bits per heavy atom. The van der Waals surface area contributed by atoms with E-state index < -0.39 is 0 Å². The molecule has 0 aliphatic carbocycles. The summed E-state index contributed by atoms with van der Waals surface area (Å²) in [7, 11) is 2.15. The van der Waals surface area contributed by atoms with Crippen LogP contribution in [0.15, 0.2) is 71.3 Å². The van der Waals surface area contributed by atoms with Crippen molar-refractivity contribution in [3.63, 3.8) is 0 Å². The van der Waals surface area contributed by atoms with Crippen LogP contribution in [0.2, 0.25) is 0 Å². The van der Waals surface area contributed by atoms with Gasteiger partial charge in [-0.15, -0.1) is 12.4 Å². The number of hydrogen-bond donors (Lipinski definition) is 2. The third-order valence-corrected chi connectivity index (χ3v) is 6.63. The van der Waals surface area contributed by atoms with Crippen LogP contribution in [0, 0.1) is 0 Å². The third-order valence-electron chi connectivity index (χ3n) is 5.94. The van der Waals surface area contributed by atoms with Crippen LogP contribution in [-0.2, 0) is 0 Å². The smallest absolute Gasteiger partial charge is 0.323 e. The van der Waals surface area contributed by atoms with Crippen LogP contribution in [0.25, 0.3) is 21.7 Å². The molecule has 2 N–H and O–H groups in total. The number of piperazine rings is 1. The lowest BCUT2D eigenvalue weighted by Gasteiger charge is -2.34. The van der Waals surface area contributed by atoms with Gasteiger partial charge in [0.2, 0.25) is 0 Å². The summed E-state index contributed by atoms with van der Waals surface area (Å²) >= 11 is 3.58. The number of rotatable bonds is 3. The van der Waals surface area contributed by atoms with E-state index >= 15 is 0 Å². The van der Waals surface area contributed by atoms with E-state index in [1.165, 1.54) is 0 Å². The number of aromatic nitrogens is 1. The minimum atomic E-state index is -0.276. The van der Waals surface area contributed by atoms with Crippen LogP contribution in [0.5, 0.6) is 0 Å². The molecule has 2 amide bonds. The quantitative estimate of drug-likeness (QED) is 0.345. The molecule has 0 saturated carbocycles. The fourth-order valence-electron chi connectivity index (χ4n) is 4.20. The molecule has 33 heavy (non-hydrogen) atoms. The maximum Gasteiger partial charge on any atom is 0.323 e. The molecule has 6 nitrogen and oxygen atoms in total. The molecule has 5 rings (SSSR count). The fraction of sp³-hybridized carbons (Fsp3) is 0.200. The first kappa shape index (κ1) is 23.3. The first-order chi connectivity index (χ1) is 15.6. The number of urea groups is 1. The number of nitrogens with one attached hydrogen (secondary N) is 2. The summed E-state index contributed by atoms with van der Waals surface area (Å²) < 4.78 is 0.998. The Hall–Kier alpha value is -2.87. The van der Waals surface area contributed by atoms with E-state index in [9.17, 15) is 4.79 Å². The maximum atomic E-state index is 12.8. The number of halogens is 2. The van der Waals surface area contributed by atoms with Gasteiger partial charge in [-0.2, -0.15) is 0 Å². The second kappa shape index (κ2) is 9.95. The first-order valence-electron chi connectivity index (χ1n) is 10.7. The number of hydrogen-bond acceptors (Lipinski definition) is 4. The number of anilines is 3. The lowest BCUT2D eigenvalue weighted by atomic mass is 10.1. The van der Waals surface area contributed by atoms with Crippen molar-refractivity contribution < 1.29 is 4.79 Å². The molecule has 0 unspecified atom stereocenters. The van der Waals surface area contributed by atoms with E-state index in [4.69, 9.17) is 0 Å². The second-order valence-corrected chi connectivity index (χ2v) is 8.93. The summed E-state index contributed by atoms with van der Waals surface area (Å²) in [6.45, 7) is 4.02. The summed E-state index contributed by atoms with van der Waals surface area (Å²) in [5, 5.41) is 9.06. The maximum absolute atomic E-state index is 12.8. The minimum Gasteiger partial charge on any atom is -0.368 e. The Morgan fingerprint density at radius 1 is 0.909 bits per heavy atom. The average Bonchev–Trinajstić information content (AvgIpc) is 2.80. The molecule has 0 atom stereocenters. The van der Waals surface area contributed by atoms with Crippen LogP contribution in [0.4, 0.5) is 21.9 Å². The van der Waals surface area contributed by atoms with Gasteiger partial charge in [0.25, 0.3) is 0 Å². The number of amides is 2. The van der Waals surface area contributed by atoms with Crippen LogP contribution < -0.4 is 15.5 Å². The lowest BCUT2D eigenvalue weighted by Crippen LogP contribution is -2.44. The molecule has 1 fully saturated rings. The predicted octanol–water partition coefficient (Wildman–Crippen LogP) is 5.97. The van der Waals surface area contributed by atoms with Gasteiger partial charge in [0.1, 0.15) is 0 Å². The minimum absolute atomic E-state index is 0. The molecule has 8 heteroatoms. The molecule has 0 spiro atoms. The van der Waals surface area contributed by atoms with Crippen LogP contribution >= 0.6 is 28.3 Å². The Kier molecular flexibility index (Phi) is 7.02. The Balaban J connectivity index is 0.00000259. The van der Waals surface area contributed by atoms with Crippen LogP contribution in [0.3, 0.4) is 0 Å². The average molecular weight is 527 g/mol. The normalized spacial score (nSPS) is 14.2. The van der Waals surface area contributed by atoms with Gasteiger partial charge >= 0.3 is 6.03 Å². The molecule has 4 aromatic rings. The number of fused-ring (bicyclic) bond motifs is 2. The van der Waals surface area contributed by atoms with Crippen molar-refractivity contribution in [1.82, 2.24) is 9.88 Å². The van der Waals surface area contributed by atoms with E-state index in [0.717, 1.165) is 69.4 Å². The molecule has 1 aliphatic heterocycles. The number of likely N-dealkylation sites (N-methyl/N-ethyl adjacent to an activating group) is 1. The molecule has 1 aliphatic rings. The first-order valence-corrected chi connectivity index (χ1v) is 11.5. The van der Waals surface area contributed by atoms with Gasteiger partial charge in [-0.1, -0.05) is 40.2 Å². The van der Waals surface area contributed by atoms with Gasteiger partial charge < -0.3 is 20.4 Å². The largest absolute Gasteiger partial charge is 0.368 e. The van der Waals surface area contributed by atoms with Gasteiger partial charge in [-0.05, 0) is 48.8 Å². The molecule has 0 radical (unpaired) electrons. The summed E-state index contributed by atoms with van der Waals surface area (Å²) in [5.41, 5.74) is 3.58. The van der Waals surface area contributed by atoms with Gasteiger partial charge in [-0.3, -0.25) is 4.98 Å². The van der Waals surface area contributed by atoms with Crippen molar-refractivity contribution in [2.45, 2.75) is 0 Å². The molecule has 1 saturated heterocycles. The van der Waals surface area contributed by atoms with Gasteiger partial charge in [0, 0.05) is 59.0 Å². The Labute approximate surface area is 207 Å². The van der Waals surface area contributed by atoms with E-state index in [-0.39, 0.29) is 18.4 Å². The van der Waals surface area contributed by atoms with Gasteiger partial charge in [0.15, 0.2) is 0 Å². The molecular weight excluding hydrogens is 502 g/mol. The summed E-state index contributed by atoms with van der Waals surface area (Å²) in [4.78, 5) is 22.0. The zero-order valence-electron chi connectivity index (χ0n) is 18.2. The van der Waals surface area contributed by atoms with Gasteiger partial charge in [0.05, 0.1) is 11.2 Å². The molecule has 170 valence electrons. The number of carbonyl (C=O) groups is 1. The SMILES string of the molecule is CN1CCN(c2ccnc3ccc(NC(=O)Nc4cccc5c(Br)cccc45)cc23)CC1.Cl. The van der Waals surface area contributed by atoms with E-state index in [1.807, 2.05) is 60.8 Å². The topological polar surface area (TPSA) is 60.5 Å². The number of benzene rings is 3. The highest BCUT2D eigenvalue weighted by Crippen LogP contribution is 2.30. The van der Waals surface area contributed by atoms with E-state index in [0.29, 0.717) is 0 Å². The number of carbonyl (C=O) groups excluding carboxylic acids is 1. The summed E-state index contributed by atoms with van der Waals surface area (Å²) in [5.74, 6) is 0. The lowest BCUT2D eigenvalue weighted by molar-refractivity contribution is 0.262. The number of pyridine rings is 1. The Bertz CT molecular complexity index is 1310. The summed E-state index contributed by atoms with van der Waals surface area (Å²) in [6.07, 6.45) is 1.86. The van der Waals surface area contributed by atoms with E-state index in [1.54, 1.807) is 0 Å². The van der Waals surface area contributed by atoms with Crippen molar-refractivity contribution >= 4 is 73.1 Å². The van der Waals surface area contributed by atoms with E-state index in [2.05, 4.69) is 54.5 Å². The van der Waals surface area contributed by atoms with Crippen molar-refractivity contribution in [2.75, 3.05) is 48.8 Å². The van der Waals surface area contributed by atoms with Crippen LogP contribution in [-0.4, -0.2) is 49.1 Å². The predicted molar refractivity (Wildman–Crippen MR) is 143 cm³/mol. The second-order valence-electron chi connectivity index (χ2n) is 8.07. The fourth-order valence-corrected chi connectivity index (χ4v) is 4.70. The van der Waals surface area contributed by atoms with Crippen LogP contribution in [0.1, 0.15) is 0 Å². The third kappa shape index (κ3) is 4.90. The highest BCUT2D eigenvalue weighted by molar-refractivity contribution is 9.10. The van der Waals surface area contributed by atoms with Crippen molar-refractivity contribution in [3.05, 3.63) is 71.3 Å². The van der Waals surface area contributed by atoms with Crippen molar-refractivity contribution in [3.8, 4) is 0 Å². The van der Waals surface area contributed by atoms with Crippen molar-refractivity contribution in [1.29, 1.82) is 0 Å². The molecule has 3 aromatic carbocycles.